The zero-order chi connectivity index (χ0) is 18.1. The molecule has 1 atom stereocenters. The number of carbonyl (C=O) groups is 1. The molecule has 0 bridgehead atoms. The monoisotopic (exact) mass is 356 g/mol. The molecule has 8 heteroatoms. The number of nitrogens with zero attached hydrogens (tertiary/aromatic N) is 3. The zero-order valence-corrected chi connectivity index (χ0v) is 14.7. The van der Waals surface area contributed by atoms with Crippen LogP contribution in [0.5, 0.6) is 0 Å². The van der Waals surface area contributed by atoms with Gasteiger partial charge in [0.1, 0.15) is 11.5 Å². The molecule has 4 rings (SSSR count). The summed E-state index contributed by atoms with van der Waals surface area (Å²) in [5.41, 5.74) is 2.88. The molecule has 1 aliphatic heterocycles. The molecule has 26 heavy (non-hydrogen) atoms. The van der Waals surface area contributed by atoms with Gasteiger partial charge < -0.3 is 18.6 Å². The predicted octanol–water partition coefficient (Wildman–Crippen LogP) is 2.71. The lowest BCUT2D eigenvalue weighted by Crippen LogP contribution is -2.30. The van der Waals surface area contributed by atoms with Crippen LogP contribution in [0.3, 0.4) is 0 Å². The average molecular weight is 356 g/mol. The van der Waals surface area contributed by atoms with Gasteiger partial charge in [0.25, 0.3) is 5.91 Å². The lowest BCUT2D eigenvalue weighted by atomic mass is 10.2. The molecule has 0 aromatic carbocycles. The fourth-order valence-corrected chi connectivity index (χ4v) is 3.11. The summed E-state index contributed by atoms with van der Waals surface area (Å²) >= 11 is 0. The summed E-state index contributed by atoms with van der Waals surface area (Å²) in [7, 11) is 0. The number of nitrogens with one attached hydrogen (secondary N) is 1. The van der Waals surface area contributed by atoms with E-state index in [1.807, 2.05) is 19.9 Å². The van der Waals surface area contributed by atoms with Gasteiger partial charge in [0.15, 0.2) is 11.5 Å². The number of furan rings is 1. The maximum atomic E-state index is 12.6. The van der Waals surface area contributed by atoms with Crippen LogP contribution in [0.2, 0.25) is 0 Å². The number of amides is 1. The summed E-state index contributed by atoms with van der Waals surface area (Å²) in [5.74, 6) is 1.32. The predicted molar refractivity (Wildman–Crippen MR) is 91.4 cm³/mol. The Hall–Kier alpha value is -2.87. The van der Waals surface area contributed by atoms with Crippen LogP contribution in [0.1, 0.15) is 33.9 Å². The van der Waals surface area contributed by atoms with Crippen LogP contribution in [0.25, 0.3) is 11.5 Å². The van der Waals surface area contributed by atoms with Crippen molar-refractivity contribution in [2.75, 3.05) is 13.1 Å². The minimum atomic E-state index is -0.109. The standard InChI is InChI=1S/C18H20N4O4/c1-11-14(12(2)26-21-11)10-25-13-5-6-22(9-13)18(23)16-8-15(19-20-16)17-4-3-7-24-17/h3-4,7-8,13H,5-6,9-10H2,1-2H3,(H,19,20). The van der Waals surface area contributed by atoms with Gasteiger partial charge in [-0.15, -0.1) is 0 Å². The third kappa shape index (κ3) is 3.15. The number of aryl methyl sites for hydroxylation is 2. The maximum absolute atomic E-state index is 12.6. The van der Waals surface area contributed by atoms with E-state index in [9.17, 15) is 4.79 Å². The normalized spacial score (nSPS) is 17.2. The van der Waals surface area contributed by atoms with Crippen LogP contribution in [0.4, 0.5) is 0 Å². The number of aromatic amines is 1. The number of hydrogen-bond acceptors (Lipinski definition) is 6. The van der Waals surface area contributed by atoms with Gasteiger partial charge in [0, 0.05) is 24.7 Å². The van der Waals surface area contributed by atoms with Crippen LogP contribution in [0, 0.1) is 13.8 Å². The van der Waals surface area contributed by atoms with Crippen LogP contribution in [-0.4, -0.2) is 45.4 Å². The van der Waals surface area contributed by atoms with Gasteiger partial charge in [-0.3, -0.25) is 9.89 Å². The number of likely N-dealkylation sites (tertiary alicyclic amines) is 1. The minimum Gasteiger partial charge on any atom is -0.463 e. The second-order valence-electron chi connectivity index (χ2n) is 6.42. The van der Waals surface area contributed by atoms with Crippen molar-refractivity contribution in [3.8, 4) is 11.5 Å². The summed E-state index contributed by atoms with van der Waals surface area (Å²) < 4.78 is 16.4. The Kier molecular flexibility index (Phi) is 4.34. The smallest absolute Gasteiger partial charge is 0.274 e. The lowest BCUT2D eigenvalue weighted by Gasteiger charge is -2.15. The molecule has 1 N–H and O–H groups in total. The van der Waals surface area contributed by atoms with E-state index in [1.54, 1.807) is 23.3 Å². The zero-order valence-electron chi connectivity index (χ0n) is 14.7. The van der Waals surface area contributed by atoms with E-state index in [4.69, 9.17) is 13.7 Å². The Morgan fingerprint density at radius 2 is 2.35 bits per heavy atom. The van der Waals surface area contributed by atoms with Crippen molar-refractivity contribution in [2.45, 2.75) is 33.0 Å². The quantitative estimate of drug-likeness (QED) is 0.755. The highest BCUT2D eigenvalue weighted by atomic mass is 16.5. The van der Waals surface area contributed by atoms with E-state index in [0.29, 0.717) is 36.8 Å². The topological polar surface area (TPSA) is 97.4 Å². The van der Waals surface area contributed by atoms with Gasteiger partial charge in [0.05, 0.1) is 24.7 Å². The van der Waals surface area contributed by atoms with E-state index in [1.165, 1.54) is 0 Å². The average Bonchev–Trinajstić information content (AvgIpc) is 3.41. The number of rotatable bonds is 5. The molecule has 4 heterocycles. The molecule has 1 fully saturated rings. The maximum Gasteiger partial charge on any atom is 0.274 e. The Bertz CT molecular complexity index is 877. The summed E-state index contributed by atoms with van der Waals surface area (Å²) in [4.78, 5) is 14.4. The lowest BCUT2D eigenvalue weighted by molar-refractivity contribution is 0.0429. The SMILES string of the molecule is Cc1noc(C)c1COC1CCN(C(=O)c2cc(-c3ccco3)[nH]n2)C1. The van der Waals surface area contributed by atoms with Crippen molar-refractivity contribution in [1.82, 2.24) is 20.3 Å². The minimum absolute atomic E-state index is 0.00358. The van der Waals surface area contributed by atoms with E-state index in [2.05, 4.69) is 15.4 Å². The molecule has 0 aliphatic carbocycles. The first kappa shape index (κ1) is 16.6. The molecule has 1 saturated heterocycles. The van der Waals surface area contributed by atoms with E-state index < -0.39 is 0 Å². The summed E-state index contributed by atoms with van der Waals surface area (Å²) in [6.07, 6.45) is 2.38. The Morgan fingerprint density at radius 1 is 1.46 bits per heavy atom. The molecule has 3 aromatic rings. The van der Waals surface area contributed by atoms with E-state index in [0.717, 1.165) is 23.4 Å². The van der Waals surface area contributed by atoms with Crippen molar-refractivity contribution in [2.24, 2.45) is 0 Å². The van der Waals surface area contributed by atoms with Crippen LogP contribution in [-0.2, 0) is 11.3 Å². The Morgan fingerprint density at radius 3 is 3.08 bits per heavy atom. The molecule has 0 radical (unpaired) electrons. The van der Waals surface area contributed by atoms with Crippen LogP contribution >= 0.6 is 0 Å². The van der Waals surface area contributed by atoms with Crippen molar-refractivity contribution < 1.29 is 18.5 Å². The van der Waals surface area contributed by atoms with Crippen molar-refractivity contribution in [3.05, 3.63) is 47.2 Å². The van der Waals surface area contributed by atoms with Gasteiger partial charge in [0.2, 0.25) is 0 Å². The number of carbonyl (C=O) groups excluding carboxylic acids is 1. The first-order valence-corrected chi connectivity index (χ1v) is 8.53. The number of ether oxygens (including phenoxy) is 1. The highest BCUT2D eigenvalue weighted by molar-refractivity contribution is 5.93. The molecular weight excluding hydrogens is 336 g/mol. The third-order valence-corrected chi connectivity index (χ3v) is 4.66. The molecule has 0 saturated carbocycles. The number of hydrogen-bond donors (Lipinski definition) is 1. The van der Waals surface area contributed by atoms with Crippen LogP contribution in [0.15, 0.2) is 33.4 Å². The van der Waals surface area contributed by atoms with Crippen molar-refractivity contribution >= 4 is 5.91 Å². The molecular formula is C18H20N4O4. The molecule has 8 nitrogen and oxygen atoms in total. The second kappa shape index (κ2) is 6.80. The van der Waals surface area contributed by atoms with Gasteiger partial charge in [-0.05, 0) is 32.4 Å². The fraction of sp³-hybridized carbons (Fsp3) is 0.389. The highest BCUT2D eigenvalue weighted by Gasteiger charge is 2.29. The summed E-state index contributed by atoms with van der Waals surface area (Å²) in [6, 6.07) is 5.31. The second-order valence-corrected chi connectivity index (χ2v) is 6.42. The van der Waals surface area contributed by atoms with E-state index in [-0.39, 0.29) is 12.0 Å². The van der Waals surface area contributed by atoms with Crippen LogP contribution < -0.4 is 0 Å². The first-order chi connectivity index (χ1) is 12.6. The molecule has 0 spiro atoms. The molecule has 1 amide bonds. The van der Waals surface area contributed by atoms with Gasteiger partial charge >= 0.3 is 0 Å². The van der Waals surface area contributed by atoms with Crippen molar-refractivity contribution in [3.63, 3.8) is 0 Å². The fourth-order valence-electron chi connectivity index (χ4n) is 3.11. The molecule has 1 unspecified atom stereocenters. The molecule has 136 valence electrons. The van der Waals surface area contributed by atoms with Crippen molar-refractivity contribution in [1.29, 1.82) is 0 Å². The Labute approximate surface area is 150 Å². The largest absolute Gasteiger partial charge is 0.463 e. The first-order valence-electron chi connectivity index (χ1n) is 8.53. The summed E-state index contributed by atoms with van der Waals surface area (Å²) in [5, 5.41) is 10.9. The van der Waals surface area contributed by atoms with Gasteiger partial charge in [-0.2, -0.15) is 5.10 Å². The number of H-pyrrole nitrogens is 1. The van der Waals surface area contributed by atoms with Gasteiger partial charge in [-0.1, -0.05) is 5.16 Å². The molecule has 1 aliphatic rings. The molecule has 3 aromatic heterocycles. The Balaban J connectivity index is 1.35. The number of aromatic nitrogens is 3. The summed E-state index contributed by atoms with van der Waals surface area (Å²) in [6.45, 7) is 5.41. The van der Waals surface area contributed by atoms with E-state index >= 15 is 0 Å². The third-order valence-electron chi connectivity index (χ3n) is 4.66. The highest BCUT2D eigenvalue weighted by Crippen LogP contribution is 2.22. The van der Waals surface area contributed by atoms with Gasteiger partial charge in [-0.25, -0.2) is 0 Å².